The second-order valence-electron chi connectivity index (χ2n) is 4.04. The van der Waals surface area contributed by atoms with E-state index in [1.54, 1.807) is 0 Å². The second kappa shape index (κ2) is 4.67. The van der Waals surface area contributed by atoms with Gasteiger partial charge in [-0.3, -0.25) is 4.79 Å². The fourth-order valence-corrected chi connectivity index (χ4v) is 2.37. The first-order valence-corrected chi connectivity index (χ1v) is 6.25. The molecule has 0 aliphatic heterocycles. The standard InChI is InChI=1S/C13H14N2OS/c1-8-4-5-9(2)11(6-8)12-7-17-13(15-12)14-10(3)16/h4-7H,1-3H3,(H,14,15,16). The molecule has 1 heterocycles. The predicted molar refractivity (Wildman–Crippen MR) is 71.3 cm³/mol. The number of hydrogen-bond acceptors (Lipinski definition) is 3. The van der Waals surface area contributed by atoms with Crippen LogP contribution in [0.4, 0.5) is 5.13 Å². The summed E-state index contributed by atoms with van der Waals surface area (Å²) in [5.74, 6) is -0.0909. The Morgan fingerprint density at radius 2 is 2.12 bits per heavy atom. The third-order valence-corrected chi connectivity index (χ3v) is 3.21. The summed E-state index contributed by atoms with van der Waals surface area (Å²) in [4.78, 5) is 15.3. The molecule has 3 nitrogen and oxygen atoms in total. The van der Waals surface area contributed by atoms with Crippen molar-refractivity contribution in [2.45, 2.75) is 20.8 Å². The molecule has 0 saturated carbocycles. The van der Waals surface area contributed by atoms with Gasteiger partial charge in [-0.15, -0.1) is 11.3 Å². The number of hydrogen-bond donors (Lipinski definition) is 1. The molecule has 1 aromatic heterocycles. The van der Waals surface area contributed by atoms with Crippen LogP contribution < -0.4 is 5.32 Å². The number of rotatable bonds is 2. The number of benzene rings is 1. The van der Waals surface area contributed by atoms with Gasteiger partial charge in [0.05, 0.1) is 5.69 Å². The van der Waals surface area contributed by atoms with Crippen LogP contribution in [0.1, 0.15) is 18.1 Å². The first-order chi connectivity index (χ1) is 8.06. The zero-order valence-electron chi connectivity index (χ0n) is 10.1. The van der Waals surface area contributed by atoms with E-state index in [9.17, 15) is 4.79 Å². The summed E-state index contributed by atoms with van der Waals surface area (Å²) < 4.78 is 0. The maximum atomic E-state index is 10.9. The molecule has 2 rings (SSSR count). The van der Waals surface area contributed by atoms with E-state index in [4.69, 9.17) is 0 Å². The van der Waals surface area contributed by atoms with Crippen molar-refractivity contribution in [3.05, 3.63) is 34.7 Å². The maximum Gasteiger partial charge on any atom is 0.223 e. The van der Waals surface area contributed by atoms with Crippen LogP contribution in [-0.4, -0.2) is 10.9 Å². The van der Waals surface area contributed by atoms with E-state index in [0.717, 1.165) is 11.3 Å². The molecule has 0 saturated heterocycles. The van der Waals surface area contributed by atoms with Crippen molar-refractivity contribution in [2.75, 3.05) is 5.32 Å². The Balaban J connectivity index is 2.36. The summed E-state index contributed by atoms with van der Waals surface area (Å²) in [6, 6.07) is 6.28. The smallest absolute Gasteiger partial charge is 0.223 e. The fraction of sp³-hybridized carbons (Fsp3) is 0.231. The largest absolute Gasteiger partial charge is 0.302 e. The molecule has 1 aromatic carbocycles. The Labute approximate surface area is 105 Å². The maximum absolute atomic E-state index is 10.9. The molecule has 4 heteroatoms. The monoisotopic (exact) mass is 246 g/mol. The molecule has 0 fully saturated rings. The molecule has 0 unspecified atom stereocenters. The molecule has 0 atom stereocenters. The van der Waals surface area contributed by atoms with Crippen molar-refractivity contribution >= 4 is 22.4 Å². The molecule has 17 heavy (non-hydrogen) atoms. The molecule has 0 aliphatic rings. The lowest BCUT2D eigenvalue weighted by molar-refractivity contribution is -0.114. The summed E-state index contributed by atoms with van der Waals surface area (Å²) in [5.41, 5.74) is 4.44. The number of aromatic nitrogens is 1. The van der Waals surface area contributed by atoms with E-state index >= 15 is 0 Å². The van der Waals surface area contributed by atoms with E-state index < -0.39 is 0 Å². The number of carbonyl (C=O) groups is 1. The Morgan fingerprint density at radius 1 is 1.35 bits per heavy atom. The minimum Gasteiger partial charge on any atom is -0.302 e. The van der Waals surface area contributed by atoms with Gasteiger partial charge < -0.3 is 5.32 Å². The van der Waals surface area contributed by atoms with Crippen LogP contribution in [0.25, 0.3) is 11.3 Å². The quantitative estimate of drug-likeness (QED) is 0.882. The summed E-state index contributed by atoms with van der Waals surface area (Å²) in [5, 5.41) is 5.31. The lowest BCUT2D eigenvalue weighted by Gasteiger charge is -2.03. The number of aryl methyl sites for hydroxylation is 2. The van der Waals surface area contributed by atoms with Crippen molar-refractivity contribution in [3.8, 4) is 11.3 Å². The average molecular weight is 246 g/mol. The summed E-state index contributed by atoms with van der Waals surface area (Å²) in [7, 11) is 0. The highest BCUT2D eigenvalue weighted by atomic mass is 32.1. The molecule has 0 spiro atoms. The van der Waals surface area contributed by atoms with Crippen molar-refractivity contribution in [1.82, 2.24) is 4.98 Å². The molecule has 0 aliphatic carbocycles. The molecule has 1 amide bonds. The molecule has 1 N–H and O–H groups in total. The van der Waals surface area contributed by atoms with E-state index in [2.05, 4.69) is 42.3 Å². The molecule has 2 aromatic rings. The van der Waals surface area contributed by atoms with Gasteiger partial charge in [0.2, 0.25) is 5.91 Å². The van der Waals surface area contributed by atoms with Crippen LogP contribution in [0.2, 0.25) is 0 Å². The molecular weight excluding hydrogens is 232 g/mol. The number of amides is 1. The highest BCUT2D eigenvalue weighted by Gasteiger charge is 2.08. The Bertz CT molecular complexity index is 560. The zero-order valence-corrected chi connectivity index (χ0v) is 10.9. The van der Waals surface area contributed by atoms with Crippen LogP contribution >= 0.6 is 11.3 Å². The minimum atomic E-state index is -0.0909. The van der Waals surface area contributed by atoms with Gasteiger partial charge in [0.1, 0.15) is 0 Å². The first kappa shape index (κ1) is 11.8. The molecule has 88 valence electrons. The summed E-state index contributed by atoms with van der Waals surface area (Å²) in [6.45, 7) is 5.61. The van der Waals surface area contributed by atoms with Crippen LogP contribution in [-0.2, 0) is 4.79 Å². The van der Waals surface area contributed by atoms with E-state index in [1.165, 1.54) is 29.4 Å². The second-order valence-corrected chi connectivity index (χ2v) is 4.90. The van der Waals surface area contributed by atoms with Gasteiger partial charge >= 0.3 is 0 Å². The average Bonchev–Trinajstić information content (AvgIpc) is 2.69. The van der Waals surface area contributed by atoms with Gasteiger partial charge in [0.25, 0.3) is 0 Å². The van der Waals surface area contributed by atoms with Crippen LogP contribution in [0, 0.1) is 13.8 Å². The van der Waals surface area contributed by atoms with Gasteiger partial charge in [0, 0.05) is 17.9 Å². The summed E-state index contributed by atoms with van der Waals surface area (Å²) >= 11 is 1.44. The number of carbonyl (C=O) groups excluding carboxylic acids is 1. The topological polar surface area (TPSA) is 42.0 Å². The van der Waals surface area contributed by atoms with Crippen LogP contribution in [0.3, 0.4) is 0 Å². The van der Waals surface area contributed by atoms with Gasteiger partial charge in [-0.2, -0.15) is 0 Å². The van der Waals surface area contributed by atoms with Crippen molar-refractivity contribution in [1.29, 1.82) is 0 Å². The normalized spacial score (nSPS) is 10.3. The Morgan fingerprint density at radius 3 is 2.82 bits per heavy atom. The third kappa shape index (κ3) is 2.71. The Kier molecular flexibility index (Phi) is 3.24. The van der Waals surface area contributed by atoms with Crippen molar-refractivity contribution in [2.24, 2.45) is 0 Å². The van der Waals surface area contributed by atoms with Crippen molar-refractivity contribution in [3.63, 3.8) is 0 Å². The van der Waals surface area contributed by atoms with Crippen LogP contribution in [0.15, 0.2) is 23.6 Å². The van der Waals surface area contributed by atoms with Gasteiger partial charge in [-0.1, -0.05) is 17.7 Å². The first-order valence-electron chi connectivity index (χ1n) is 5.37. The third-order valence-electron chi connectivity index (χ3n) is 2.46. The zero-order chi connectivity index (χ0) is 12.4. The minimum absolute atomic E-state index is 0.0909. The molecule has 0 bridgehead atoms. The summed E-state index contributed by atoms with van der Waals surface area (Å²) in [6.07, 6.45) is 0. The highest BCUT2D eigenvalue weighted by Crippen LogP contribution is 2.28. The van der Waals surface area contributed by atoms with E-state index in [1.807, 2.05) is 5.38 Å². The number of thiazole rings is 1. The van der Waals surface area contributed by atoms with Gasteiger partial charge in [-0.25, -0.2) is 4.98 Å². The van der Waals surface area contributed by atoms with Crippen LogP contribution in [0.5, 0.6) is 0 Å². The van der Waals surface area contributed by atoms with E-state index in [0.29, 0.717) is 5.13 Å². The lowest BCUT2D eigenvalue weighted by Crippen LogP contribution is -2.04. The number of nitrogens with zero attached hydrogens (tertiary/aromatic N) is 1. The SMILES string of the molecule is CC(=O)Nc1nc(-c2cc(C)ccc2C)cs1. The number of nitrogens with one attached hydrogen (secondary N) is 1. The Hall–Kier alpha value is -1.68. The van der Waals surface area contributed by atoms with Gasteiger partial charge in [0.15, 0.2) is 5.13 Å². The highest BCUT2D eigenvalue weighted by molar-refractivity contribution is 7.14. The van der Waals surface area contributed by atoms with E-state index in [-0.39, 0.29) is 5.91 Å². The van der Waals surface area contributed by atoms with Gasteiger partial charge in [-0.05, 0) is 25.5 Å². The lowest BCUT2D eigenvalue weighted by atomic mass is 10.0. The fourth-order valence-electron chi connectivity index (χ4n) is 1.62. The number of anilines is 1. The molecular formula is C13H14N2OS. The predicted octanol–water partition coefficient (Wildman–Crippen LogP) is 3.39. The van der Waals surface area contributed by atoms with Crippen molar-refractivity contribution < 1.29 is 4.79 Å². The molecule has 0 radical (unpaired) electrons.